The van der Waals surface area contributed by atoms with E-state index in [9.17, 15) is 4.79 Å². The van der Waals surface area contributed by atoms with E-state index in [2.05, 4.69) is 47.5 Å². The number of carbonyl (C=O) groups is 1. The van der Waals surface area contributed by atoms with E-state index in [0.29, 0.717) is 30.2 Å². The first-order valence-electron chi connectivity index (χ1n) is 8.84. The lowest BCUT2D eigenvalue weighted by Gasteiger charge is -2.39. The molecular formula is C19H28N2O. The fourth-order valence-corrected chi connectivity index (χ4v) is 4.08. The van der Waals surface area contributed by atoms with Crippen LogP contribution in [0.2, 0.25) is 0 Å². The van der Waals surface area contributed by atoms with E-state index in [1.165, 1.54) is 12.0 Å². The largest absolute Gasteiger partial charge is 0.342 e. The van der Waals surface area contributed by atoms with Gasteiger partial charge in [0.2, 0.25) is 5.91 Å². The van der Waals surface area contributed by atoms with E-state index in [0.717, 1.165) is 38.9 Å². The highest BCUT2D eigenvalue weighted by Crippen LogP contribution is 2.35. The lowest BCUT2D eigenvalue weighted by molar-refractivity contribution is -0.133. The maximum Gasteiger partial charge on any atom is 0.224 e. The summed E-state index contributed by atoms with van der Waals surface area (Å²) in [6.45, 7) is 5.18. The molecule has 3 unspecified atom stereocenters. The predicted octanol–water partition coefficient (Wildman–Crippen LogP) is 3.17. The van der Waals surface area contributed by atoms with Gasteiger partial charge in [0.05, 0.1) is 0 Å². The first kappa shape index (κ1) is 15.5. The zero-order valence-corrected chi connectivity index (χ0v) is 13.6. The minimum absolute atomic E-state index is 0.351. The van der Waals surface area contributed by atoms with Crippen molar-refractivity contribution in [3.05, 3.63) is 35.9 Å². The Bertz CT molecular complexity index is 481. The van der Waals surface area contributed by atoms with Gasteiger partial charge in [0.25, 0.3) is 0 Å². The molecule has 0 bridgehead atoms. The van der Waals surface area contributed by atoms with E-state index >= 15 is 0 Å². The summed E-state index contributed by atoms with van der Waals surface area (Å²) in [6.07, 6.45) is 5.30. The summed E-state index contributed by atoms with van der Waals surface area (Å²) >= 11 is 0. The lowest BCUT2D eigenvalue weighted by Crippen LogP contribution is -2.44. The summed E-state index contributed by atoms with van der Waals surface area (Å²) in [5.41, 5.74) is 1.44. The Balaban J connectivity index is 1.60. The van der Waals surface area contributed by atoms with Crippen LogP contribution in [0.15, 0.2) is 30.3 Å². The molecule has 0 spiro atoms. The zero-order chi connectivity index (χ0) is 15.4. The van der Waals surface area contributed by atoms with Gasteiger partial charge in [-0.05, 0) is 43.2 Å². The topological polar surface area (TPSA) is 32.3 Å². The van der Waals surface area contributed by atoms with Gasteiger partial charge in [0.1, 0.15) is 0 Å². The number of benzene rings is 1. The molecule has 0 aliphatic carbocycles. The minimum atomic E-state index is 0.351. The van der Waals surface area contributed by atoms with Crippen LogP contribution >= 0.6 is 0 Å². The third-order valence-corrected chi connectivity index (χ3v) is 5.42. The molecule has 1 amide bonds. The third-order valence-electron chi connectivity index (χ3n) is 5.42. The van der Waals surface area contributed by atoms with Crippen molar-refractivity contribution in [2.45, 2.75) is 51.0 Å². The average molecular weight is 300 g/mol. The number of carbonyl (C=O) groups excluding carboxylic acids is 1. The Hall–Kier alpha value is -1.35. The van der Waals surface area contributed by atoms with Crippen LogP contribution in [0.1, 0.15) is 50.5 Å². The Morgan fingerprint density at radius 3 is 2.77 bits per heavy atom. The first-order chi connectivity index (χ1) is 10.8. The molecule has 22 heavy (non-hydrogen) atoms. The highest BCUT2D eigenvalue weighted by Gasteiger charge is 2.32. The molecule has 2 heterocycles. The first-order valence-corrected chi connectivity index (χ1v) is 8.84. The molecule has 3 atom stereocenters. The molecular weight excluding hydrogens is 272 g/mol. The predicted molar refractivity (Wildman–Crippen MR) is 89.8 cm³/mol. The molecule has 0 aromatic heterocycles. The summed E-state index contributed by atoms with van der Waals surface area (Å²) in [4.78, 5) is 14.7. The second-order valence-electron chi connectivity index (χ2n) is 6.81. The van der Waals surface area contributed by atoms with Crippen molar-refractivity contribution in [3.8, 4) is 0 Å². The molecule has 3 heteroatoms. The van der Waals surface area contributed by atoms with Gasteiger partial charge in [-0.1, -0.05) is 43.7 Å². The smallest absolute Gasteiger partial charge is 0.224 e. The van der Waals surface area contributed by atoms with Gasteiger partial charge in [-0.2, -0.15) is 0 Å². The number of likely N-dealkylation sites (tertiary alicyclic amines) is 1. The summed E-state index contributed by atoms with van der Waals surface area (Å²) in [7, 11) is 0. The van der Waals surface area contributed by atoms with E-state index in [4.69, 9.17) is 0 Å². The average Bonchev–Trinajstić information content (AvgIpc) is 3.08. The molecule has 0 radical (unpaired) electrons. The number of rotatable bonds is 4. The van der Waals surface area contributed by atoms with Crippen molar-refractivity contribution in [2.24, 2.45) is 5.92 Å². The van der Waals surface area contributed by atoms with Gasteiger partial charge in [-0.25, -0.2) is 0 Å². The van der Waals surface area contributed by atoms with Crippen molar-refractivity contribution in [1.82, 2.24) is 10.2 Å². The number of amides is 1. The van der Waals surface area contributed by atoms with E-state index in [-0.39, 0.29) is 0 Å². The van der Waals surface area contributed by atoms with Gasteiger partial charge in [0.15, 0.2) is 0 Å². The maximum atomic E-state index is 12.5. The van der Waals surface area contributed by atoms with Crippen LogP contribution in [0.4, 0.5) is 0 Å². The number of nitrogens with one attached hydrogen (secondary N) is 1. The second-order valence-corrected chi connectivity index (χ2v) is 6.81. The van der Waals surface area contributed by atoms with E-state index < -0.39 is 0 Å². The fourth-order valence-electron chi connectivity index (χ4n) is 4.08. The molecule has 2 aliphatic heterocycles. The standard InChI is InChI=1S/C19H28N2O/c1-2-15-14-21(19(22)13-17-9-6-11-20-17)12-10-18(15)16-7-4-3-5-8-16/h3-5,7-8,15,17-18,20H,2,6,9-14H2,1H3. The van der Waals surface area contributed by atoms with Crippen LogP contribution in [-0.4, -0.2) is 36.5 Å². The highest BCUT2D eigenvalue weighted by atomic mass is 16.2. The molecule has 2 saturated heterocycles. The lowest BCUT2D eigenvalue weighted by atomic mass is 9.79. The number of hydrogen-bond acceptors (Lipinski definition) is 2. The van der Waals surface area contributed by atoms with E-state index in [1.54, 1.807) is 0 Å². The summed E-state index contributed by atoms with van der Waals surface area (Å²) in [6, 6.07) is 11.2. The Labute approximate surface area is 134 Å². The van der Waals surface area contributed by atoms with Crippen LogP contribution in [0.3, 0.4) is 0 Å². The van der Waals surface area contributed by atoms with Crippen LogP contribution in [0, 0.1) is 5.92 Å². The van der Waals surface area contributed by atoms with Crippen molar-refractivity contribution in [1.29, 1.82) is 0 Å². The Morgan fingerprint density at radius 1 is 1.27 bits per heavy atom. The molecule has 1 aromatic carbocycles. The van der Waals surface area contributed by atoms with Gasteiger partial charge in [-0.3, -0.25) is 4.79 Å². The van der Waals surface area contributed by atoms with Gasteiger partial charge >= 0.3 is 0 Å². The van der Waals surface area contributed by atoms with E-state index in [1.807, 2.05) is 0 Å². The molecule has 0 saturated carbocycles. The normalized spacial score (nSPS) is 28.8. The number of hydrogen-bond donors (Lipinski definition) is 1. The zero-order valence-electron chi connectivity index (χ0n) is 13.6. The molecule has 120 valence electrons. The molecule has 2 aliphatic rings. The third kappa shape index (κ3) is 3.52. The van der Waals surface area contributed by atoms with Crippen molar-refractivity contribution in [2.75, 3.05) is 19.6 Å². The minimum Gasteiger partial charge on any atom is -0.342 e. The molecule has 1 aromatic rings. The van der Waals surface area contributed by atoms with Gasteiger partial charge in [-0.15, -0.1) is 0 Å². The van der Waals surface area contributed by atoms with Gasteiger partial charge < -0.3 is 10.2 Å². The number of piperidine rings is 1. The quantitative estimate of drug-likeness (QED) is 0.926. The van der Waals surface area contributed by atoms with Gasteiger partial charge in [0, 0.05) is 25.6 Å². The summed E-state index contributed by atoms with van der Waals surface area (Å²) < 4.78 is 0. The molecule has 3 nitrogen and oxygen atoms in total. The summed E-state index contributed by atoms with van der Waals surface area (Å²) in [5, 5.41) is 3.44. The fraction of sp³-hybridized carbons (Fsp3) is 0.632. The van der Waals surface area contributed by atoms with Crippen molar-refractivity contribution in [3.63, 3.8) is 0 Å². The molecule has 3 rings (SSSR count). The summed E-state index contributed by atoms with van der Waals surface area (Å²) in [5.74, 6) is 1.56. The molecule has 2 fully saturated rings. The van der Waals surface area contributed by atoms with Crippen LogP contribution in [-0.2, 0) is 4.79 Å². The Morgan fingerprint density at radius 2 is 2.09 bits per heavy atom. The SMILES string of the molecule is CCC1CN(C(=O)CC2CCCN2)CCC1c1ccccc1. The maximum absolute atomic E-state index is 12.5. The molecule has 1 N–H and O–H groups in total. The monoisotopic (exact) mass is 300 g/mol. The van der Waals surface area contributed by atoms with Crippen LogP contribution in [0.25, 0.3) is 0 Å². The Kier molecular flexibility index (Phi) is 5.14. The second kappa shape index (κ2) is 7.28. The van der Waals surface area contributed by atoms with Crippen molar-refractivity contribution < 1.29 is 4.79 Å². The van der Waals surface area contributed by atoms with Crippen LogP contribution < -0.4 is 5.32 Å². The van der Waals surface area contributed by atoms with Crippen molar-refractivity contribution >= 4 is 5.91 Å². The highest BCUT2D eigenvalue weighted by molar-refractivity contribution is 5.77. The number of nitrogens with zero attached hydrogens (tertiary/aromatic N) is 1. The van der Waals surface area contributed by atoms with Crippen LogP contribution in [0.5, 0.6) is 0 Å².